The Morgan fingerprint density at radius 1 is 1.00 bits per heavy atom. The van der Waals surface area contributed by atoms with E-state index in [9.17, 15) is 31.1 Å². The van der Waals surface area contributed by atoms with Gasteiger partial charge in [0.15, 0.2) is 23.1 Å². The van der Waals surface area contributed by atoms with E-state index in [2.05, 4.69) is 10.3 Å². The van der Waals surface area contributed by atoms with E-state index >= 15 is 0 Å². The molecule has 0 radical (unpaired) electrons. The Balaban J connectivity index is 2.02. The van der Waals surface area contributed by atoms with Crippen molar-refractivity contribution in [1.29, 1.82) is 0 Å². The molecule has 0 aliphatic rings. The first-order valence-corrected chi connectivity index (χ1v) is 8.50. The van der Waals surface area contributed by atoms with Crippen LogP contribution in [0.2, 0.25) is 0 Å². The molecule has 1 amide bonds. The molecular weight excluding hydrogens is 406 g/mol. The number of aromatic nitrogens is 1. The number of amides is 1. The molecule has 2 aromatic carbocycles. The van der Waals surface area contributed by atoms with Crippen LogP contribution >= 0.6 is 11.3 Å². The van der Waals surface area contributed by atoms with E-state index < -0.39 is 40.1 Å². The van der Waals surface area contributed by atoms with Crippen molar-refractivity contribution in [3.05, 3.63) is 69.4 Å². The summed E-state index contributed by atoms with van der Waals surface area (Å²) in [5, 5.41) is 2.30. The minimum absolute atomic E-state index is 0.0259. The second-order valence-electron chi connectivity index (χ2n) is 5.63. The van der Waals surface area contributed by atoms with Gasteiger partial charge in [0.1, 0.15) is 4.88 Å². The van der Waals surface area contributed by atoms with E-state index in [1.807, 2.05) is 0 Å². The zero-order valence-corrected chi connectivity index (χ0v) is 14.8. The van der Waals surface area contributed by atoms with Gasteiger partial charge in [-0.1, -0.05) is 18.2 Å². The van der Waals surface area contributed by atoms with E-state index in [1.54, 1.807) is 0 Å². The lowest BCUT2D eigenvalue weighted by atomic mass is 10.0. The first-order valence-electron chi connectivity index (χ1n) is 7.68. The quantitative estimate of drug-likeness (QED) is 0.433. The van der Waals surface area contributed by atoms with Crippen molar-refractivity contribution in [2.45, 2.75) is 13.1 Å². The Morgan fingerprint density at radius 3 is 2.36 bits per heavy atom. The fourth-order valence-corrected chi connectivity index (χ4v) is 3.35. The van der Waals surface area contributed by atoms with Crippen LogP contribution in [0.25, 0.3) is 11.1 Å². The lowest BCUT2D eigenvalue weighted by Crippen LogP contribution is -2.17. The number of anilines is 1. The second kappa shape index (κ2) is 7.27. The molecule has 146 valence electrons. The zero-order chi connectivity index (χ0) is 20.6. The summed E-state index contributed by atoms with van der Waals surface area (Å²) >= 11 is 0.551. The van der Waals surface area contributed by atoms with E-state index in [-0.39, 0.29) is 21.8 Å². The van der Waals surface area contributed by atoms with Crippen molar-refractivity contribution in [3.63, 3.8) is 0 Å². The van der Waals surface area contributed by atoms with E-state index in [1.165, 1.54) is 31.2 Å². The van der Waals surface area contributed by atoms with Crippen LogP contribution in [0, 0.1) is 24.4 Å². The second-order valence-corrected chi connectivity index (χ2v) is 6.83. The highest BCUT2D eigenvalue weighted by atomic mass is 32.1. The Bertz CT molecular complexity index is 1060. The van der Waals surface area contributed by atoms with Crippen molar-refractivity contribution >= 4 is 22.9 Å². The minimum Gasteiger partial charge on any atom is -0.321 e. The van der Waals surface area contributed by atoms with Gasteiger partial charge in [0.05, 0.1) is 5.01 Å². The van der Waals surface area contributed by atoms with Crippen LogP contribution in [-0.4, -0.2) is 10.9 Å². The highest BCUT2D eigenvalue weighted by Gasteiger charge is 2.39. The molecule has 0 aliphatic carbocycles. The van der Waals surface area contributed by atoms with Crippen LogP contribution in [0.1, 0.15) is 20.4 Å². The normalized spacial score (nSPS) is 11.5. The van der Waals surface area contributed by atoms with Gasteiger partial charge in [-0.05, 0) is 25.1 Å². The van der Waals surface area contributed by atoms with Gasteiger partial charge in [-0.3, -0.25) is 4.79 Å². The number of carbonyl (C=O) groups is 1. The summed E-state index contributed by atoms with van der Waals surface area (Å²) in [6.07, 6.45) is -4.83. The van der Waals surface area contributed by atoms with Crippen LogP contribution in [0.3, 0.4) is 0 Å². The number of thiazole rings is 1. The average molecular weight is 416 g/mol. The Kier molecular flexibility index (Phi) is 5.16. The smallest absolute Gasteiger partial charge is 0.321 e. The molecule has 28 heavy (non-hydrogen) atoms. The van der Waals surface area contributed by atoms with Gasteiger partial charge >= 0.3 is 6.18 Å². The average Bonchev–Trinajstić information content (AvgIpc) is 3.03. The number of halogens is 6. The predicted molar refractivity (Wildman–Crippen MR) is 91.6 cm³/mol. The van der Waals surface area contributed by atoms with Crippen LogP contribution in [0.5, 0.6) is 0 Å². The summed E-state index contributed by atoms with van der Waals surface area (Å²) in [7, 11) is 0. The Labute approximate surface area is 158 Å². The number of hydrogen-bond donors (Lipinski definition) is 1. The monoisotopic (exact) mass is 416 g/mol. The standard InChI is InChI=1S/C18H10F6N2OS/c1-8-25-16(18(22,23)24)15(28-8)17(27)26-12-5-3-2-4-9(12)10-6-7-11(19)14(21)13(10)20/h2-7H,1H3,(H,26,27). The number of aryl methyl sites for hydroxylation is 1. The van der Waals surface area contributed by atoms with Gasteiger partial charge in [0.2, 0.25) is 0 Å². The highest BCUT2D eigenvalue weighted by molar-refractivity contribution is 7.13. The van der Waals surface area contributed by atoms with Crippen molar-refractivity contribution in [1.82, 2.24) is 4.98 Å². The van der Waals surface area contributed by atoms with E-state index in [0.29, 0.717) is 17.4 Å². The van der Waals surface area contributed by atoms with Gasteiger partial charge in [0, 0.05) is 16.8 Å². The molecule has 0 saturated heterocycles. The molecule has 1 aromatic heterocycles. The van der Waals surface area contributed by atoms with Gasteiger partial charge in [0.25, 0.3) is 5.91 Å². The third-order valence-electron chi connectivity index (χ3n) is 3.71. The first-order chi connectivity index (χ1) is 13.1. The molecule has 3 rings (SSSR count). The van der Waals surface area contributed by atoms with Gasteiger partial charge in [-0.15, -0.1) is 11.3 Å². The number of hydrogen-bond acceptors (Lipinski definition) is 3. The fourth-order valence-electron chi connectivity index (χ4n) is 2.51. The summed E-state index contributed by atoms with van der Waals surface area (Å²) in [6, 6.07) is 7.18. The summed E-state index contributed by atoms with van der Waals surface area (Å²) in [5.41, 5.74) is -1.78. The third-order valence-corrected chi connectivity index (χ3v) is 4.68. The molecule has 10 heteroatoms. The first kappa shape index (κ1) is 19.9. The van der Waals surface area contributed by atoms with Gasteiger partial charge in [-0.25, -0.2) is 18.2 Å². The summed E-state index contributed by atoms with van der Waals surface area (Å²) in [4.78, 5) is 15.1. The lowest BCUT2D eigenvalue weighted by Gasteiger charge is -2.13. The van der Waals surface area contributed by atoms with Crippen molar-refractivity contribution < 1.29 is 31.1 Å². The molecule has 0 atom stereocenters. The molecule has 0 unspecified atom stereocenters. The molecule has 0 aliphatic heterocycles. The van der Waals surface area contributed by atoms with Gasteiger partial charge < -0.3 is 5.32 Å². The minimum atomic E-state index is -4.83. The molecule has 1 heterocycles. The highest BCUT2D eigenvalue weighted by Crippen LogP contribution is 2.36. The molecule has 3 aromatic rings. The largest absolute Gasteiger partial charge is 0.435 e. The zero-order valence-electron chi connectivity index (χ0n) is 14.0. The summed E-state index contributed by atoms with van der Waals surface area (Å²) < 4.78 is 80.1. The van der Waals surface area contributed by atoms with Crippen molar-refractivity contribution in [3.8, 4) is 11.1 Å². The number of nitrogens with one attached hydrogen (secondary N) is 1. The maximum atomic E-state index is 14.1. The maximum Gasteiger partial charge on any atom is 0.435 e. The Hall–Kier alpha value is -2.88. The van der Waals surface area contributed by atoms with Gasteiger partial charge in [-0.2, -0.15) is 13.2 Å². The lowest BCUT2D eigenvalue weighted by molar-refractivity contribution is -0.141. The summed E-state index contributed by atoms with van der Waals surface area (Å²) in [5.74, 6) is -5.67. The topological polar surface area (TPSA) is 42.0 Å². The molecule has 0 spiro atoms. The van der Waals surface area contributed by atoms with Crippen LogP contribution < -0.4 is 5.32 Å². The predicted octanol–water partition coefficient (Wildman–Crippen LogP) is 5.81. The number of alkyl halides is 3. The van der Waals surface area contributed by atoms with Crippen LogP contribution in [0.4, 0.5) is 32.0 Å². The van der Waals surface area contributed by atoms with Crippen LogP contribution in [0.15, 0.2) is 36.4 Å². The van der Waals surface area contributed by atoms with Crippen molar-refractivity contribution in [2.75, 3.05) is 5.32 Å². The number of para-hydroxylation sites is 1. The number of benzene rings is 2. The molecule has 0 bridgehead atoms. The number of nitrogens with zero attached hydrogens (tertiary/aromatic N) is 1. The number of rotatable bonds is 3. The third kappa shape index (κ3) is 3.72. The van der Waals surface area contributed by atoms with Crippen molar-refractivity contribution in [2.24, 2.45) is 0 Å². The molecule has 1 N–H and O–H groups in total. The fraction of sp³-hybridized carbons (Fsp3) is 0.111. The van der Waals surface area contributed by atoms with E-state index in [0.717, 1.165) is 6.07 Å². The number of carbonyl (C=O) groups excluding carboxylic acids is 1. The molecule has 0 saturated carbocycles. The maximum absolute atomic E-state index is 14.1. The SMILES string of the molecule is Cc1nc(C(F)(F)F)c(C(=O)Nc2ccccc2-c2ccc(F)c(F)c2F)s1. The molecule has 0 fully saturated rings. The van der Waals surface area contributed by atoms with Crippen LogP contribution in [-0.2, 0) is 6.18 Å². The molecule has 3 nitrogen and oxygen atoms in total. The Morgan fingerprint density at radius 2 is 1.68 bits per heavy atom. The molecular formula is C18H10F6N2OS. The van der Waals surface area contributed by atoms with E-state index in [4.69, 9.17) is 0 Å². The summed E-state index contributed by atoms with van der Waals surface area (Å²) in [6.45, 7) is 1.32.